The van der Waals surface area contributed by atoms with Gasteiger partial charge in [-0.2, -0.15) is 9.98 Å². The Labute approximate surface area is 79.4 Å². The molecule has 1 N–H and O–H groups in total. The van der Waals surface area contributed by atoms with Crippen molar-refractivity contribution in [1.29, 1.82) is 0 Å². The van der Waals surface area contributed by atoms with E-state index in [4.69, 9.17) is 5.11 Å². The Balaban J connectivity index is 3.25. The topological polar surface area (TPSA) is 79.1 Å². The number of aliphatic hydroxyl groups is 1. The Bertz CT molecular complexity index is 393. The van der Waals surface area contributed by atoms with Crippen LogP contribution in [0.1, 0.15) is 5.56 Å². The second-order valence-corrected chi connectivity index (χ2v) is 2.42. The minimum Gasteiger partial charge on any atom is -0.392 e. The molecule has 0 unspecified atom stereocenters. The minimum atomic E-state index is -0.219. The molecule has 5 nitrogen and oxygen atoms in total. The van der Waals surface area contributed by atoms with E-state index in [9.17, 15) is 9.59 Å². The van der Waals surface area contributed by atoms with Gasteiger partial charge in [0.25, 0.3) is 0 Å². The van der Waals surface area contributed by atoms with Crippen molar-refractivity contribution in [2.24, 2.45) is 9.98 Å². The van der Waals surface area contributed by atoms with Crippen LogP contribution in [0.25, 0.3) is 0 Å². The van der Waals surface area contributed by atoms with Crippen molar-refractivity contribution in [2.45, 2.75) is 6.61 Å². The molecule has 0 bridgehead atoms. The molecule has 1 aromatic rings. The molecule has 0 atom stereocenters. The van der Waals surface area contributed by atoms with Crippen molar-refractivity contribution >= 4 is 23.5 Å². The van der Waals surface area contributed by atoms with Crippen LogP contribution in [0.3, 0.4) is 0 Å². The van der Waals surface area contributed by atoms with Crippen LogP contribution in [0.2, 0.25) is 0 Å². The number of aliphatic hydroxyl groups excluding tert-OH is 1. The fourth-order valence-electron chi connectivity index (χ4n) is 0.982. The maximum Gasteiger partial charge on any atom is 0.240 e. The van der Waals surface area contributed by atoms with E-state index in [0.29, 0.717) is 16.9 Å². The van der Waals surface area contributed by atoms with Crippen LogP contribution < -0.4 is 0 Å². The summed E-state index contributed by atoms with van der Waals surface area (Å²) in [7, 11) is 0. The summed E-state index contributed by atoms with van der Waals surface area (Å²) in [5.41, 5.74) is 1.09. The molecule has 70 valence electrons. The van der Waals surface area contributed by atoms with Crippen molar-refractivity contribution in [3.8, 4) is 0 Å². The lowest BCUT2D eigenvalue weighted by Crippen LogP contribution is -1.81. The first-order valence-electron chi connectivity index (χ1n) is 3.70. The molecule has 0 saturated carbocycles. The molecular formula is C9H6N2O3. The molecule has 1 rings (SSSR count). The van der Waals surface area contributed by atoms with E-state index >= 15 is 0 Å². The van der Waals surface area contributed by atoms with Crippen molar-refractivity contribution < 1.29 is 14.7 Å². The van der Waals surface area contributed by atoms with E-state index < -0.39 is 0 Å². The smallest absolute Gasteiger partial charge is 0.240 e. The minimum absolute atomic E-state index is 0.219. The summed E-state index contributed by atoms with van der Waals surface area (Å²) in [5.74, 6) is 0. The molecule has 0 aromatic heterocycles. The Morgan fingerprint density at radius 2 is 1.57 bits per heavy atom. The summed E-state index contributed by atoms with van der Waals surface area (Å²) in [5, 5.41) is 8.84. The van der Waals surface area contributed by atoms with Crippen molar-refractivity contribution in [1.82, 2.24) is 0 Å². The fourth-order valence-corrected chi connectivity index (χ4v) is 0.982. The van der Waals surface area contributed by atoms with Crippen molar-refractivity contribution in [3.05, 3.63) is 23.8 Å². The van der Waals surface area contributed by atoms with Crippen LogP contribution in [0.4, 0.5) is 11.4 Å². The summed E-state index contributed by atoms with van der Waals surface area (Å²) in [6.45, 7) is -0.219. The van der Waals surface area contributed by atoms with Gasteiger partial charge in [-0.15, -0.1) is 0 Å². The highest BCUT2D eigenvalue weighted by molar-refractivity contribution is 5.60. The number of rotatable bonds is 3. The lowest BCUT2D eigenvalue weighted by atomic mass is 10.2. The molecule has 1 aromatic carbocycles. The highest BCUT2D eigenvalue weighted by Gasteiger charge is 1.98. The molecule has 0 fully saturated rings. The van der Waals surface area contributed by atoms with Crippen LogP contribution in [0.5, 0.6) is 0 Å². The summed E-state index contributed by atoms with van der Waals surface area (Å²) >= 11 is 0. The van der Waals surface area contributed by atoms with E-state index in [1.807, 2.05) is 0 Å². The zero-order valence-electron chi connectivity index (χ0n) is 7.10. The van der Waals surface area contributed by atoms with Gasteiger partial charge >= 0.3 is 0 Å². The van der Waals surface area contributed by atoms with Gasteiger partial charge in [0.2, 0.25) is 12.2 Å². The van der Waals surface area contributed by atoms with E-state index in [-0.39, 0.29) is 6.61 Å². The first kappa shape index (κ1) is 10.0. The van der Waals surface area contributed by atoms with E-state index in [1.54, 1.807) is 0 Å². The normalized spacial score (nSPS) is 8.64. The second kappa shape index (κ2) is 4.84. The van der Waals surface area contributed by atoms with Crippen molar-refractivity contribution in [3.63, 3.8) is 0 Å². The van der Waals surface area contributed by atoms with Gasteiger partial charge < -0.3 is 5.11 Å². The zero-order valence-corrected chi connectivity index (χ0v) is 7.10. The number of aliphatic imine (C=N–C) groups is 2. The molecule has 5 heteroatoms. The predicted octanol–water partition coefficient (Wildman–Crippen LogP) is 1.11. The van der Waals surface area contributed by atoms with E-state index in [1.165, 1.54) is 30.4 Å². The maximum atomic E-state index is 9.98. The molecular weight excluding hydrogens is 184 g/mol. The molecule has 0 amide bonds. The predicted molar refractivity (Wildman–Crippen MR) is 47.9 cm³/mol. The van der Waals surface area contributed by atoms with Gasteiger partial charge in [0.05, 0.1) is 18.0 Å². The SMILES string of the molecule is O=C=Nc1cc(CO)cc(N=C=O)c1. The highest BCUT2D eigenvalue weighted by atomic mass is 16.3. The second-order valence-electron chi connectivity index (χ2n) is 2.42. The number of nitrogens with zero attached hydrogens (tertiary/aromatic N) is 2. The van der Waals surface area contributed by atoms with Gasteiger partial charge in [-0.05, 0) is 23.8 Å². The highest BCUT2D eigenvalue weighted by Crippen LogP contribution is 2.22. The van der Waals surface area contributed by atoms with Crippen LogP contribution in [0.15, 0.2) is 28.2 Å². The molecule has 0 heterocycles. The van der Waals surface area contributed by atoms with Gasteiger partial charge in [-0.1, -0.05) is 0 Å². The van der Waals surface area contributed by atoms with Gasteiger partial charge in [-0.3, -0.25) is 0 Å². The molecule has 0 aliphatic carbocycles. The first-order valence-corrected chi connectivity index (χ1v) is 3.70. The van der Waals surface area contributed by atoms with Crippen LogP contribution >= 0.6 is 0 Å². The number of benzene rings is 1. The number of isocyanates is 2. The number of hydrogen-bond acceptors (Lipinski definition) is 5. The molecule has 0 aliphatic heterocycles. The third-order valence-corrected chi connectivity index (χ3v) is 1.49. The summed E-state index contributed by atoms with van der Waals surface area (Å²) < 4.78 is 0. The molecule has 0 spiro atoms. The quantitative estimate of drug-likeness (QED) is 0.572. The number of carbonyl (C=O) groups excluding carboxylic acids is 2. The standard InChI is InChI=1S/C9H6N2O3/c12-4-7-1-8(10-5-13)3-9(2-7)11-6-14/h1-3,12H,4H2. The van der Waals surface area contributed by atoms with E-state index in [0.717, 1.165) is 0 Å². The lowest BCUT2D eigenvalue weighted by molar-refractivity contribution is 0.282. The van der Waals surface area contributed by atoms with Crippen molar-refractivity contribution in [2.75, 3.05) is 0 Å². The summed E-state index contributed by atoms with van der Waals surface area (Å²) in [6.07, 6.45) is 2.72. The average molecular weight is 190 g/mol. The largest absolute Gasteiger partial charge is 0.392 e. The van der Waals surface area contributed by atoms with Crippen LogP contribution in [0, 0.1) is 0 Å². The Kier molecular flexibility index (Phi) is 3.47. The first-order chi connectivity index (χ1) is 6.80. The van der Waals surface area contributed by atoms with Gasteiger partial charge in [0.15, 0.2) is 0 Å². The Morgan fingerprint density at radius 1 is 1.07 bits per heavy atom. The molecule has 0 radical (unpaired) electrons. The van der Waals surface area contributed by atoms with Gasteiger partial charge in [-0.25, -0.2) is 9.59 Å². The fraction of sp³-hybridized carbons (Fsp3) is 0.111. The van der Waals surface area contributed by atoms with Gasteiger partial charge in [0.1, 0.15) is 0 Å². The van der Waals surface area contributed by atoms with Crippen LogP contribution in [-0.4, -0.2) is 17.3 Å². The monoisotopic (exact) mass is 190 g/mol. The number of hydrogen-bond donors (Lipinski definition) is 1. The Hall–Kier alpha value is -2.06. The molecule has 0 saturated heterocycles. The molecule has 14 heavy (non-hydrogen) atoms. The average Bonchev–Trinajstić information content (AvgIpc) is 2.18. The zero-order chi connectivity index (χ0) is 10.4. The van der Waals surface area contributed by atoms with Gasteiger partial charge in [0, 0.05) is 0 Å². The lowest BCUT2D eigenvalue weighted by Gasteiger charge is -1.98. The third-order valence-electron chi connectivity index (χ3n) is 1.49. The van der Waals surface area contributed by atoms with Crippen LogP contribution in [-0.2, 0) is 16.2 Å². The summed E-state index contributed by atoms with van der Waals surface area (Å²) in [6, 6.07) is 4.40. The maximum absolute atomic E-state index is 9.98. The third kappa shape index (κ3) is 2.47. The van der Waals surface area contributed by atoms with E-state index in [2.05, 4.69) is 9.98 Å². The Morgan fingerprint density at radius 3 is 1.93 bits per heavy atom. The molecule has 0 aliphatic rings. The summed E-state index contributed by atoms with van der Waals surface area (Å²) in [4.78, 5) is 26.7.